The van der Waals surface area contributed by atoms with E-state index in [1.165, 1.54) is 0 Å². The highest BCUT2D eigenvalue weighted by molar-refractivity contribution is 6.32. The largest absolute Gasteiger partial charge is 0.489 e. The summed E-state index contributed by atoms with van der Waals surface area (Å²) in [5.74, 6) is -0.631. The zero-order valence-corrected chi connectivity index (χ0v) is 8.65. The predicted molar refractivity (Wildman–Crippen MR) is 55.2 cm³/mol. The third-order valence-electron chi connectivity index (χ3n) is 1.68. The third kappa shape index (κ3) is 4.18. The van der Waals surface area contributed by atoms with Crippen molar-refractivity contribution in [3.05, 3.63) is 29.3 Å². The van der Waals surface area contributed by atoms with Crippen LogP contribution < -0.4 is 4.74 Å². The summed E-state index contributed by atoms with van der Waals surface area (Å²) in [5.41, 5.74) is 0. The number of hydrogen-bond donors (Lipinski definition) is 2. The molecule has 0 aliphatic rings. The van der Waals surface area contributed by atoms with Crippen LogP contribution in [0.5, 0.6) is 5.75 Å². The van der Waals surface area contributed by atoms with E-state index in [0.29, 0.717) is 10.8 Å². The summed E-state index contributed by atoms with van der Waals surface area (Å²) < 4.78 is 5.15. The average molecular weight is 231 g/mol. The number of carboxylic acid groups (broad SMARTS) is 1. The molecule has 0 saturated heterocycles. The van der Waals surface area contributed by atoms with Gasteiger partial charge in [-0.3, -0.25) is 4.79 Å². The molecule has 0 spiro atoms. The van der Waals surface area contributed by atoms with Gasteiger partial charge in [0.05, 0.1) is 17.5 Å². The number of hydrogen-bond acceptors (Lipinski definition) is 3. The van der Waals surface area contributed by atoms with Crippen LogP contribution in [-0.4, -0.2) is 28.9 Å². The smallest absolute Gasteiger partial charge is 0.306 e. The van der Waals surface area contributed by atoms with Crippen molar-refractivity contribution < 1.29 is 19.7 Å². The van der Waals surface area contributed by atoms with Gasteiger partial charge in [0.25, 0.3) is 0 Å². The fourth-order valence-corrected chi connectivity index (χ4v) is 1.20. The van der Waals surface area contributed by atoms with Crippen LogP contribution in [0.2, 0.25) is 5.02 Å². The maximum Gasteiger partial charge on any atom is 0.306 e. The number of aliphatic hydroxyl groups is 1. The van der Waals surface area contributed by atoms with Crippen LogP contribution >= 0.6 is 11.6 Å². The van der Waals surface area contributed by atoms with Crippen molar-refractivity contribution in [1.29, 1.82) is 0 Å². The van der Waals surface area contributed by atoms with E-state index in [9.17, 15) is 9.90 Å². The van der Waals surface area contributed by atoms with Gasteiger partial charge in [0.1, 0.15) is 12.4 Å². The van der Waals surface area contributed by atoms with Crippen LogP contribution in [0, 0.1) is 0 Å². The molecule has 15 heavy (non-hydrogen) atoms. The van der Waals surface area contributed by atoms with Gasteiger partial charge in [-0.2, -0.15) is 0 Å². The lowest BCUT2D eigenvalue weighted by atomic mass is 10.3. The summed E-state index contributed by atoms with van der Waals surface area (Å²) in [4.78, 5) is 10.2. The number of ether oxygens (including phenoxy) is 1. The van der Waals surface area contributed by atoms with Crippen LogP contribution in [0.4, 0.5) is 0 Å². The lowest BCUT2D eigenvalue weighted by Gasteiger charge is -2.11. The molecular weight excluding hydrogens is 220 g/mol. The summed E-state index contributed by atoms with van der Waals surface area (Å²) in [7, 11) is 0. The number of carbonyl (C=O) groups is 1. The van der Waals surface area contributed by atoms with Crippen molar-refractivity contribution in [2.24, 2.45) is 0 Å². The number of halogens is 1. The van der Waals surface area contributed by atoms with E-state index >= 15 is 0 Å². The van der Waals surface area contributed by atoms with Gasteiger partial charge >= 0.3 is 5.97 Å². The second kappa shape index (κ2) is 5.58. The summed E-state index contributed by atoms with van der Waals surface area (Å²) in [5, 5.41) is 18.0. The highest BCUT2D eigenvalue weighted by atomic mass is 35.5. The number of rotatable bonds is 5. The Kier molecular flexibility index (Phi) is 4.39. The maximum absolute atomic E-state index is 10.2. The van der Waals surface area contributed by atoms with Gasteiger partial charge in [0.15, 0.2) is 0 Å². The molecule has 1 aromatic rings. The lowest BCUT2D eigenvalue weighted by Crippen LogP contribution is -2.21. The van der Waals surface area contributed by atoms with Gasteiger partial charge in [-0.1, -0.05) is 23.7 Å². The zero-order valence-electron chi connectivity index (χ0n) is 7.89. The van der Waals surface area contributed by atoms with E-state index in [1.807, 2.05) is 0 Å². The van der Waals surface area contributed by atoms with Crippen LogP contribution in [-0.2, 0) is 4.79 Å². The average Bonchev–Trinajstić information content (AvgIpc) is 2.15. The van der Waals surface area contributed by atoms with Crippen LogP contribution in [0.1, 0.15) is 6.42 Å². The topological polar surface area (TPSA) is 66.8 Å². The molecule has 1 rings (SSSR count). The van der Waals surface area contributed by atoms with E-state index in [4.69, 9.17) is 21.4 Å². The number of para-hydroxylation sites is 1. The molecule has 0 fully saturated rings. The molecule has 4 nitrogen and oxygen atoms in total. The molecular formula is C10H11ClO4. The molecule has 0 radical (unpaired) electrons. The maximum atomic E-state index is 10.2. The number of aliphatic carboxylic acids is 1. The van der Waals surface area contributed by atoms with E-state index in [2.05, 4.69) is 0 Å². The molecule has 2 N–H and O–H groups in total. The van der Waals surface area contributed by atoms with Crippen molar-refractivity contribution in [3.8, 4) is 5.75 Å². The molecule has 5 heteroatoms. The van der Waals surface area contributed by atoms with Crippen LogP contribution in [0.25, 0.3) is 0 Å². The molecule has 82 valence electrons. The van der Waals surface area contributed by atoms with Gasteiger partial charge < -0.3 is 14.9 Å². The van der Waals surface area contributed by atoms with E-state index < -0.39 is 12.1 Å². The predicted octanol–water partition coefficient (Wildman–Crippen LogP) is 1.55. The third-order valence-corrected chi connectivity index (χ3v) is 1.99. The molecule has 0 aliphatic heterocycles. The van der Waals surface area contributed by atoms with Crippen molar-refractivity contribution >= 4 is 17.6 Å². The Balaban J connectivity index is 2.43. The molecule has 1 aromatic carbocycles. The fraction of sp³-hybridized carbons (Fsp3) is 0.300. The van der Waals surface area contributed by atoms with Gasteiger partial charge in [0, 0.05) is 0 Å². The minimum Gasteiger partial charge on any atom is -0.489 e. The Hall–Kier alpha value is -1.26. The van der Waals surface area contributed by atoms with Gasteiger partial charge in [0.2, 0.25) is 0 Å². The lowest BCUT2D eigenvalue weighted by molar-refractivity contribution is -0.139. The molecule has 1 atom stereocenters. The number of benzene rings is 1. The monoisotopic (exact) mass is 230 g/mol. The first kappa shape index (κ1) is 11.8. The Labute approximate surface area is 92.1 Å². The first-order chi connectivity index (χ1) is 7.09. The van der Waals surface area contributed by atoms with Gasteiger partial charge in [-0.25, -0.2) is 0 Å². The number of carboxylic acids is 1. The van der Waals surface area contributed by atoms with Crippen molar-refractivity contribution in [2.75, 3.05) is 6.61 Å². The van der Waals surface area contributed by atoms with E-state index in [0.717, 1.165) is 0 Å². The van der Waals surface area contributed by atoms with E-state index in [1.54, 1.807) is 24.3 Å². The fourth-order valence-electron chi connectivity index (χ4n) is 1.01. The minimum absolute atomic E-state index is 0.0873. The molecule has 0 saturated carbocycles. The Morgan fingerprint density at radius 3 is 2.73 bits per heavy atom. The Bertz CT molecular complexity index is 340. The summed E-state index contributed by atoms with van der Waals surface area (Å²) in [6.45, 7) is -0.0873. The second-order valence-corrected chi connectivity index (χ2v) is 3.40. The number of aliphatic hydroxyl groups excluding tert-OH is 1. The Morgan fingerprint density at radius 1 is 1.47 bits per heavy atom. The molecule has 0 bridgehead atoms. The summed E-state index contributed by atoms with van der Waals surface area (Å²) in [6.07, 6.45) is -1.37. The highest BCUT2D eigenvalue weighted by Crippen LogP contribution is 2.23. The summed E-state index contributed by atoms with van der Waals surface area (Å²) in [6, 6.07) is 6.80. The minimum atomic E-state index is -1.06. The first-order valence-corrected chi connectivity index (χ1v) is 4.74. The van der Waals surface area contributed by atoms with Gasteiger partial charge in [-0.05, 0) is 12.1 Å². The molecule has 0 aromatic heterocycles. The quantitative estimate of drug-likeness (QED) is 0.806. The second-order valence-electron chi connectivity index (χ2n) is 2.99. The van der Waals surface area contributed by atoms with Gasteiger partial charge in [-0.15, -0.1) is 0 Å². The normalized spacial score (nSPS) is 12.1. The standard InChI is InChI=1S/C10H11ClO4/c11-8-3-1-2-4-9(8)15-6-7(12)5-10(13)14/h1-4,7,12H,5-6H2,(H,13,14). The Morgan fingerprint density at radius 2 is 2.13 bits per heavy atom. The first-order valence-electron chi connectivity index (χ1n) is 4.37. The van der Waals surface area contributed by atoms with Crippen molar-refractivity contribution in [3.63, 3.8) is 0 Å². The molecule has 0 heterocycles. The van der Waals surface area contributed by atoms with Crippen LogP contribution in [0.15, 0.2) is 24.3 Å². The van der Waals surface area contributed by atoms with E-state index in [-0.39, 0.29) is 13.0 Å². The molecule has 1 unspecified atom stereocenters. The SMILES string of the molecule is O=C(O)CC(O)COc1ccccc1Cl. The summed E-state index contributed by atoms with van der Waals surface area (Å²) >= 11 is 5.79. The highest BCUT2D eigenvalue weighted by Gasteiger charge is 2.10. The van der Waals surface area contributed by atoms with Crippen LogP contribution in [0.3, 0.4) is 0 Å². The zero-order chi connectivity index (χ0) is 11.3. The van der Waals surface area contributed by atoms with Crippen molar-refractivity contribution in [1.82, 2.24) is 0 Å². The molecule has 0 aliphatic carbocycles. The van der Waals surface area contributed by atoms with Crippen molar-refractivity contribution in [2.45, 2.75) is 12.5 Å². The molecule has 0 amide bonds.